The molecule has 0 saturated heterocycles. The Morgan fingerprint density at radius 2 is 1.51 bits per heavy atom. The van der Waals surface area contributed by atoms with Crippen LogP contribution in [0.15, 0.2) is 96.0 Å². The summed E-state index contributed by atoms with van der Waals surface area (Å²) in [7, 11) is -1.31. The first-order chi connectivity index (χ1) is 18.7. The lowest BCUT2D eigenvalue weighted by Crippen LogP contribution is -2.33. The third-order valence-corrected chi connectivity index (χ3v) is 6.49. The first-order valence-electron chi connectivity index (χ1n) is 11.4. The minimum atomic E-state index is -1.31. The Hall–Kier alpha value is -5.23. The summed E-state index contributed by atoms with van der Waals surface area (Å²) in [4.78, 5) is 41.7. The zero-order chi connectivity index (χ0) is 27.9. The van der Waals surface area contributed by atoms with Crippen LogP contribution in [0.5, 0.6) is 5.75 Å². The normalized spacial score (nSPS) is 12.7. The van der Waals surface area contributed by atoms with Crippen LogP contribution in [0.4, 0.5) is 17.2 Å². The first kappa shape index (κ1) is 26.8. The summed E-state index contributed by atoms with van der Waals surface area (Å²) in [6, 6.07) is 22.5. The second kappa shape index (κ2) is 11.9. The van der Waals surface area contributed by atoms with Crippen LogP contribution >= 0.6 is 0 Å². The molecular weight excluding hydrogens is 522 g/mol. The van der Waals surface area contributed by atoms with E-state index in [1.165, 1.54) is 30.3 Å². The van der Waals surface area contributed by atoms with Crippen molar-refractivity contribution in [2.45, 2.75) is 4.90 Å². The number of carbonyl (C=O) groups is 3. The number of imide groups is 1. The van der Waals surface area contributed by atoms with Crippen molar-refractivity contribution in [1.82, 2.24) is 9.88 Å². The van der Waals surface area contributed by atoms with Gasteiger partial charge < -0.3 is 21.3 Å². The highest BCUT2D eigenvalue weighted by molar-refractivity contribution is 7.86. The van der Waals surface area contributed by atoms with E-state index in [0.717, 1.165) is 4.90 Å². The molecule has 1 aliphatic rings. The van der Waals surface area contributed by atoms with Crippen molar-refractivity contribution in [3.05, 3.63) is 108 Å². The van der Waals surface area contributed by atoms with E-state index in [-0.39, 0.29) is 28.1 Å². The van der Waals surface area contributed by atoms with Gasteiger partial charge in [0.25, 0.3) is 11.8 Å². The number of carbonyl (C=O) groups excluding carboxylic acids is 3. The molecule has 2 heterocycles. The van der Waals surface area contributed by atoms with Gasteiger partial charge in [0.1, 0.15) is 17.1 Å². The second-order valence-corrected chi connectivity index (χ2v) is 9.29. The van der Waals surface area contributed by atoms with Gasteiger partial charge in [-0.2, -0.15) is 0 Å². The Kier molecular flexibility index (Phi) is 8.17. The molecule has 6 N–H and O–H groups in total. The molecule has 198 valence electrons. The monoisotopic (exact) mass is 545 g/mol. The molecule has 1 atom stereocenters. The molecule has 4 aromatic rings. The maximum atomic E-state index is 12.1. The Labute approximate surface area is 225 Å². The van der Waals surface area contributed by atoms with E-state index in [0.29, 0.717) is 16.4 Å². The molecule has 0 aliphatic carbocycles. The fraction of sp³-hybridized carbons (Fsp3) is 0.0370. The third kappa shape index (κ3) is 6.37. The van der Waals surface area contributed by atoms with Crippen LogP contribution in [0.1, 0.15) is 31.1 Å². The van der Waals surface area contributed by atoms with Crippen LogP contribution in [0.2, 0.25) is 0 Å². The first-order valence-corrected chi connectivity index (χ1v) is 12.6. The number of nitrogens with two attached hydrogens (primary N) is 2. The SMILES string of the molecule is Nc1ccc(O)c(C(=O)OCN2C(=O)c3ccccc3C2=O)c1.Nc1ccc(S(=O)Nc2ccccn2)cc1. The van der Waals surface area contributed by atoms with Gasteiger partial charge in [-0.15, -0.1) is 0 Å². The Morgan fingerprint density at radius 1 is 0.897 bits per heavy atom. The molecule has 0 bridgehead atoms. The number of aromatic hydroxyl groups is 1. The number of amides is 2. The van der Waals surface area contributed by atoms with Crippen LogP contribution in [-0.4, -0.2) is 43.7 Å². The lowest BCUT2D eigenvalue weighted by Gasteiger charge is -2.14. The zero-order valence-electron chi connectivity index (χ0n) is 20.3. The van der Waals surface area contributed by atoms with Crippen LogP contribution in [0, 0.1) is 0 Å². The number of esters is 1. The molecule has 11 nitrogen and oxygen atoms in total. The number of aromatic nitrogens is 1. The van der Waals surface area contributed by atoms with E-state index in [1.54, 1.807) is 54.7 Å². The molecule has 1 unspecified atom stereocenters. The van der Waals surface area contributed by atoms with Crippen molar-refractivity contribution in [3.8, 4) is 5.75 Å². The summed E-state index contributed by atoms with van der Waals surface area (Å²) in [5, 5.41) is 9.64. The van der Waals surface area contributed by atoms with Gasteiger partial charge >= 0.3 is 5.97 Å². The van der Waals surface area contributed by atoms with Gasteiger partial charge in [-0.1, -0.05) is 18.2 Å². The third-order valence-electron chi connectivity index (χ3n) is 5.40. The van der Waals surface area contributed by atoms with Crippen LogP contribution in [0.25, 0.3) is 0 Å². The molecule has 12 heteroatoms. The molecule has 2 amide bonds. The highest BCUT2D eigenvalue weighted by Crippen LogP contribution is 2.24. The van der Waals surface area contributed by atoms with Crippen molar-refractivity contribution in [2.75, 3.05) is 22.9 Å². The van der Waals surface area contributed by atoms with Crippen LogP contribution in [-0.2, 0) is 15.7 Å². The van der Waals surface area contributed by atoms with E-state index in [4.69, 9.17) is 16.2 Å². The van der Waals surface area contributed by atoms with E-state index < -0.39 is 35.5 Å². The Balaban J connectivity index is 0.000000193. The maximum Gasteiger partial charge on any atom is 0.343 e. The summed E-state index contributed by atoms with van der Waals surface area (Å²) in [5.41, 5.74) is 12.4. The second-order valence-electron chi connectivity index (χ2n) is 8.08. The lowest BCUT2D eigenvalue weighted by molar-refractivity contribution is 0.0226. The van der Waals surface area contributed by atoms with Gasteiger partial charge in [-0.3, -0.25) is 14.3 Å². The quantitative estimate of drug-likeness (QED) is 0.123. The van der Waals surface area contributed by atoms with Gasteiger partial charge in [-0.25, -0.2) is 18.9 Å². The van der Waals surface area contributed by atoms with E-state index in [1.807, 2.05) is 6.07 Å². The standard InChI is InChI=1S/C16H12N2O5.C11H11N3OS/c17-9-5-6-13(19)12(7-9)16(22)23-8-18-14(20)10-3-1-2-4-11(10)15(18)21;12-9-4-6-10(7-5-9)16(15)14-11-3-1-2-8-13-11/h1-7,19H,8,17H2;1-8H,12H2,(H,13,14). The number of phenolic OH excluding ortho intramolecular Hbond substituents is 1. The Bertz CT molecular complexity index is 1510. The predicted octanol–water partition coefficient (Wildman–Crippen LogP) is 3.18. The fourth-order valence-electron chi connectivity index (χ4n) is 3.44. The number of nitrogens with one attached hydrogen (secondary N) is 1. The highest BCUT2D eigenvalue weighted by atomic mass is 32.2. The van der Waals surface area contributed by atoms with Crippen molar-refractivity contribution >= 4 is 46.0 Å². The number of fused-ring (bicyclic) bond motifs is 1. The van der Waals surface area contributed by atoms with Gasteiger partial charge in [0, 0.05) is 17.6 Å². The summed E-state index contributed by atoms with van der Waals surface area (Å²) in [6.45, 7) is -0.542. The largest absolute Gasteiger partial charge is 0.507 e. The predicted molar refractivity (Wildman–Crippen MR) is 145 cm³/mol. The molecule has 1 aromatic heterocycles. The number of anilines is 3. The highest BCUT2D eigenvalue weighted by Gasteiger charge is 2.36. The van der Waals surface area contributed by atoms with Crippen LogP contribution in [0.3, 0.4) is 0 Å². The van der Waals surface area contributed by atoms with Gasteiger partial charge in [0.2, 0.25) is 0 Å². The van der Waals surface area contributed by atoms with Crippen molar-refractivity contribution in [3.63, 3.8) is 0 Å². The minimum absolute atomic E-state index is 0.137. The topological polar surface area (TPSA) is 178 Å². The average Bonchev–Trinajstić information content (AvgIpc) is 3.19. The number of rotatable bonds is 6. The van der Waals surface area contributed by atoms with Gasteiger partial charge in [0.15, 0.2) is 17.7 Å². The molecule has 0 fully saturated rings. The Morgan fingerprint density at radius 3 is 2.13 bits per heavy atom. The van der Waals surface area contributed by atoms with Gasteiger partial charge in [0.05, 0.1) is 16.0 Å². The number of hydrogen-bond donors (Lipinski definition) is 4. The molecule has 0 saturated carbocycles. The number of hydrogen-bond acceptors (Lipinski definition) is 9. The number of nitrogens with zero attached hydrogens (tertiary/aromatic N) is 2. The smallest absolute Gasteiger partial charge is 0.343 e. The van der Waals surface area contributed by atoms with E-state index >= 15 is 0 Å². The van der Waals surface area contributed by atoms with Crippen LogP contribution < -0.4 is 16.2 Å². The lowest BCUT2D eigenvalue weighted by atomic mass is 10.1. The molecule has 0 spiro atoms. The molecule has 1 aliphatic heterocycles. The van der Waals surface area contributed by atoms with Gasteiger partial charge in [-0.05, 0) is 66.7 Å². The number of nitrogen functional groups attached to an aromatic ring is 2. The molecule has 3 aromatic carbocycles. The van der Waals surface area contributed by atoms with E-state index in [2.05, 4.69) is 9.71 Å². The summed E-state index contributed by atoms with van der Waals surface area (Å²) in [6.07, 6.45) is 1.64. The minimum Gasteiger partial charge on any atom is -0.507 e. The number of ether oxygens (including phenoxy) is 1. The number of benzene rings is 3. The molecule has 39 heavy (non-hydrogen) atoms. The average molecular weight is 546 g/mol. The summed E-state index contributed by atoms with van der Waals surface area (Å²) in [5.74, 6) is -1.67. The van der Waals surface area contributed by atoms with Crippen molar-refractivity contribution in [1.29, 1.82) is 0 Å². The number of phenols is 1. The zero-order valence-corrected chi connectivity index (χ0v) is 21.1. The number of pyridine rings is 1. The molecule has 0 radical (unpaired) electrons. The fourth-order valence-corrected chi connectivity index (χ4v) is 4.25. The summed E-state index contributed by atoms with van der Waals surface area (Å²) < 4.78 is 19.6. The summed E-state index contributed by atoms with van der Waals surface area (Å²) >= 11 is 0. The van der Waals surface area contributed by atoms with Crippen molar-refractivity contribution < 1.29 is 28.4 Å². The van der Waals surface area contributed by atoms with Crippen molar-refractivity contribution in [2.24, 2.45) is 0 Å². The molecular formula is C27H23N5O6S. The molecule has 5 rings (SSSR count). The maximum absolute atomic E-state index is 12.1. The van der Waals surface area contributed by atoms with E-state index in [9.17, 15) is 23.7 Å².